The highest BCUT2D eigenvalue weighted by atomic mass is 32.2. The highest BCUT2D eigenvalue weighted by Gasteiger charge is 2.26. The Morgan fingerprint density at radius 2 is 0.631 bits per heavy atom. The number of para-hydroxylation sites is 6. The second-order valence-corrected chi connectivity index (χ2v) is 19.0. The van der Waals surface area contributed by atoms with Gasteiger partial charge in [0, 0.05) is 57.5 Å². The predicted molar refractivity (Wildman–Crippen MR) is 275 cm³/mol. The lowest BCUT2D eigenvalue weighted by molar-refractivity contribution is 1.10. The fourth-order valence-electron chi connectivity index (χ4n) is 10.5. The van der Waals surface area contributed by atoms with Crippen molar-refractivity contribution in [1.29, 1.82) is 0 Å². The van der Waals surface area contributed by atoms with E-state index in [0.29, 0.717) is 0 Å². The number of hydrogen-bond donors (Lipinski definition) is 0. The van der Waals surface area contributed by atoms with Crippen molar-refractivity contribution in [1.82, 2.24) is 13.7 Å². The van der Waals surface area contributed by atoms with Gasteiger partial charge >= 0.3 is 0 Å². The minimum absolute atomic E-state index is 1.10. The van der Waals surface area contributed by atoms with Crippen LogP contribution in [0.15, 0.2) is 244 Å². The summed E-state index contributed by atoms with van der Waals surface area (Å²) in [7, 11) is 0. The van der Waals surface area contributed by atoms with Crippen LogP contribution in [-0.2, 0) is 0 Å². The first kappa shape index (κ1) is 36.8. The van der Waals surface area contributed by atoms with Gasteiger partial charge < -0.3 is 13.7 Å². The van der Waals surface area contributed by atoms with Gasteiger partial charge in [-0.05, 0) is 83.4 Å². The van der Waals surface area contributed by atoms with Gasteiger partial charge in [0.25, 0.3) is 0 Å². The zero-order chi connectivity index (χ0) is 42.6. The highest BCUT2D eigenvalue weighted by molar-refractivity contribution is 8.05. The van der Waals surface area contributed by atoms with Crippen molar-refractivity contribution < 1.29 is 0 Å². The maximum atomic E-state index is 2.52. The summed E-state index contributed by atoms with van der Waals surface area (Å²) in [5.41, 5.74) is 15.1. The van der Waals surface area contributed by atoms with E-state index in [0.717, 1.165) is 28.2 Å². The molecule has 0 aliphatic carbocycles. The molecule has 0 spiro atoms. The minimum Gasteiger partial charge on any atom is -0.309 e. The zero-order valence-corrected chi connectivity index (χ0v) is 36.7. The Morgan fingerprint density at radius 1 is 0.277 bits per heavy atom. The molecule has 14 rings (SSSR count). The number of benzene rings is 10. The van der Waals surface area contributed by atoms with Crippen LogP contribution in [-0.4, -0.2) is 13.7 Å². The standard InChI is InChI=1S/C60H37N3S2/c1-7-23-48-42(16-1)43-17-2-8-24-49(43)61(48)40-36-54(62-50-25-9-3-18-44(50)45-19-4-10-26-51(45)62)59(55(37-40)63-52-27-11-5-20-46(52)47-21-6-12-28-53(47)63)39-34-32-38(33-35-39)41-22-15-31-58-60(41)65-57-30-14-13-29-56(57)64-58/h1-37H. The molecule has 4 heterocycles. The largest absolute Gasteiger partial charge is 0.309 e. The Labute approximate surface area is 383 Å². The van der Waals surface area contributed by atoms with E-state index in [1.54, 1.807) is 0 Å². The molecule has 0 radical (unpaired) electrons. The van der Waals surface area contributed by atoms with Crippen molar-refractivity contribution >= 4 is 88.9 Å². The third-order valence-corrected chi connectivity index (χ3v) is 15.9. The summed E-state index contributed by atoms with van der Waals surface area (Å²) in [4.78, 5) is 5.25. The summed E-state index contributed by atoms with van der Waals surface area (Å²) in [6, 6.07) is 83.0. The molecule has 0 saturated carbocycles. The van der Waals surface area contributed by atoms with Crippen LogP contribution in [0, 0.1) is 0 Å². The van der Waals surface area contributed by atoms with Gasteiger partial charge in [-0.3, -0.25) is 0 Å². The van der Waals surface area contributed by atoms with Gasteiger partial charge in [0.05, 0.1) is 50.2 Å². The summed E-state index contributed by atoms with van der Waals surface area (Å²) in [5.74, 6) is 0. The van der Waals surface area contributed by atoms with Crippen LogP contribution in [0.2, 0.25) is 0 Å². The molecule has 3 aromatic heterocycles. The second-order valence-electron chi connectivity index (χ2n) is 16.8. The lowest BCUT2D eigenvalue weighted by Crippen LogP contribution is -2.07. The summed E-state index contributed by atoms with van der Waals surface area (Å²) in [5, 5.41) is 7.41. The quantitative estimate of drug-likeness (QED) is 0.171. The number of rotatable bonds is 5. The molecule has 0 saturated heterocycles. The van der Waals surface area contributed by atoms with Crippen LogP contribution in [0.3, 0.4) is 0 Å². The molecule has 0 unspecified atom stereocenters. The van der Waals surface area contributed by atoms with E-state index >= 15 is 0 Å². The predicted octanol–water partition coefficient (Wildman–Crippen LogP) is 16.9. The summed E-state index contributed by atoms with van der Waals surface area (Å²) in [6.07, 6.45) is 0. The van der Waals surface area contributed by atoms with E-state index in [1.165, 1.54) is 96.1 Å². The van der Waals surface area contributed by atoms with Crippen LogP contribution < -0.4 is 0 Å². The van der Waals surface area contributed by atoms with Gasteiger partial charge in [0.1, 0.15) is 0 Å². The van der Waals surface area contributed by atoms with Gasteiger partial charge in [-0.15, -0.1) is 0 Å². The number of nitrogens with zero attached hydrogens (tertiary/aromatic N) is 3. The molecule has 3 nitrogen and oxygen atoms in total. The molecule has 304 valence electrons. The molecule has 0 amide bonds. The van der Waals surface area contributed by atoms with Crippen LogP contribution >= 0.6 is 23.5 Å². The molecule has 0 N–H and O–H groups in total. The molecule has 1 aliphatic heterocycles. The van der Waals surface area contributed by atoms with Crippen molar-refractivity contribution in [3.05, 3.63) is 224 Å². The number of aromatic nitrogens is 3. The van der Waals surface area contributed by atoms with Crippen LogP contribution in [0.5, 0.6) is 0 Å². The number of hydrogen-bond acceptors (Lipinski definition) is 2. The fraction of sp³-hybridized carbons (Fsp3) is 0. The zero-order valence-electron chi connectivity index (χ0n) is 35.0. The lowest BCUT2D eigenvalue weighted by Gasteiger charge is -2.23. The third kappa shape index (κ3) is 5.53. The maximum absolute atomic E-state index is 2.52. The molecule has 0 atom stereocenters. The molecule has 13 aromatic rings. The first-order valence-corrected chi connectivity index (χ1v) is 23.7. The van der Waals surface area contributed by atoms with Crippen LogP contribution in [0.25, 0.3) is 105 Å². The van der Waals surface area contributed by atoms with Crippen molar-refractivity contribution in [2.24, 2.45) is 0 Å². The van der Waals surface area contributed by atoms with Crippen molar-refractivity contribution in [2.75, 3.05) is 0 Å². The van der Waals surface area contributed by atoms with E-state index in [9.17, 15) is 0 Å². The van der Waals surface area contributed by atoms with Gasteiger partial charge in [0.2, 0.25) is 0 Å². The summed E-state index contributed by atoms with van der Waals surface area (Å²) >= 11 is 3.75. The van der Waals surface area contributed by atoms with E-state index in [-0.39, 0.29) is 0 Å². The monoisotopic (exact) mass is 863 g/mol. The molecule has 10 aromatic carbocycles. The Balaban J connectivity index is 1.11. The molecule has 65 heavy (non-hydrogen) atoms. The van der Waals surface area contributed by atoms with Gasteiger partial charge in [-0.25, -0.2) is 0 Å². The van der Waals surface area contributed by atoms with E-state index < -0.39 is 0 Å². The van der Waals surface area contributed by atoms with Crippen molar-refractivity contribution in [2.45, 2.75) is 19.6 Å². The van der Waals surface area contributed by atoms with Gasteiger partial charge in [-0.2, -0.15) is 0 Å². The molecule has 0 bridgehead atoms. The van der Waals surface area contributed by atoms with E-state index in [4.69, 9.17) is 0 Å². The smallest absolute Gasteiger partial charge is 0.0582 e. The Morgan fingerprint density at radius 3 is 1.08 bits per heavy atom. The maximum Gasteiger partial charge on any atom is 0.0582 e. The Kier molecular flexibility index (Phi) is 8.15. The van der Waals surface area contributed by atoms with Crippen molar-refractivity contribution in [3.8, 4) is 39.3 Å². The van der Waals surface area contributed by atoms with Crippen LogP contribution in [0.1, 0.15) is 0 Å². The lowest BCUT2D eigenvalue weighted by atomic mass is 9.96. The first-order valence-electron chi connectivity index (χ1n) is 22.1. The summed E-state index contributed by atoms with van der Waals surface area (Å²) < 4.78 is 7.50. The molecule has 1 aliphatic rings. The molecular weight excluding hydrogens is 827 g/mol. The fourth-order valence-corrected chi connectivity index (χ4v) is 12.9. The molecule has 5 heteroatoms. The average molecular weight is 864 g/mol. The highest BCUT2D eigenvalue weighted by Crippen LogP contribution is 2.52. The van der Waals surface area contributed by atoms with E-state index in [1.807, 2.05) is 23.5 Å². The topological polar surface area (TPSA) is 14.8 Å². The summed E-state index contributed by atoms with van der Waals surface area (Å²) in [6.45, 7) is 0. The SMILES string of the molecule is c1ccc2c(c1)Sc1cccc(-c3ccc(-c4c(-n5c6ccccc6c6ccccc65)cc(-n5c6ccccc6c6ccccc65)cc4-n4c5ccccc5c5ccccc54)cc3)c1S2. The van der Waals surface area contributed by atoms with Gasteiger partial charge in [-0.1, -0.05) is 181 Å². The first-order chi connectivity index (χ1) is 32.3. The molecule has 0 fully saturated rings. The Hall–Kier alpha value is -7.70. The minimum atomic E-state index is 1.10. The second kappa shape index (κ2) is 14.4. The molecular formula is C60H37N3S2. The number of fused-ring (bicyclic) bond motifs is 11. The normalized spacial score (nSPS) is 12.5. The third-order valence-electron chi connectivity index (χ3n) is 13.3. The van der Waals surface area contributed by atoms with Crippen LogP contribution in [0.4, 0.5) is 0 Å². The van der Waals surface area contributed by atoms with E-state index in [2.05, 4.69) is 238 Å². The average Bonchev–Trinajstić information content (AvgIpc) is 4.01. The van der Waals surface area contributed by atoms with Crippen molar-refractivity contribution in [3.63, 3.8) is 0 Å². The Bertz CT molecular complexity index is 3780. The van der Waals surface area contributed by atoms with Gasteiger partial charge in [0.15, 0.2) is 0 Å².